The van der Waals surface area contributed by atoms with E-state index < -0.39 is 10.0 Å². The van der Waals surface area contributed by atoms with Gasteiger partial charge in [0.05, 0.1) is 4.90 Å². The van der Waals surface area contributed by atoms with E-state index in [1.54, 1.807) is 19.1 Å². The van der Waals surface area contributed by atoms with Crippen molar-refractivity contribution in [3.63, 3.8) is 0 Å². The normalized spacial score (nSPS) is 11.6. The topological polar surface area (TPSA) is 86.2 Å². The molecule has 1 rings (SSSR count). The zero-order chi connectivity index (χ0) is 10.1. The number of hydrogen-bond acceptors (Lipinski definition) is 3. The lowest BCUT2D eigenvalue weighted by Gasteiger charge is -2.04. The summed E-state index contributed by atoms with van der Waals surface area (Å²) in [6.07, 6.45) is 0. The highest BCUT2D eigenvalue weighted by molar-refractivity contribution is 7.89. The van der Waals surface area contributed by atoms with Crippen molar-refractivity contribution >= 4 is 10.0 Å². The van der Waals surface area contributed by atoms with Crippen molar-refractivity contribution in [3.8, 4) is 0 Å². The molecule has 0 aliphatic rings. The van der Waals surface area contributed by atoms with Gasteiger partial charge in [-0.1, -0.05) is 12.1 Å². The van der Waals surface area contributed by atoms with Crippen molar-refractivity contribution in [2.24, 2.45) is 10.9 Å². The Morgan fingerprint density at radius 2 is 2.00 bits per heavy atom. The SMILES string of the molecule is Cc1cc(CN)ccc1S(N)(=O)=O. The number of rotatable bonds is 2. The van der Waals surface area contributed by atoms with Crippen LogP contribution in [0.2, 0.25) is 0 Å². The zero-order valence-corrected chi connectivity index (χ0v) is 8.14. The summed E-state index contributed by atoms with van der Waals surface area (Å²) in [6.45, 7) is 2.09. The molecule has 13 heavy (non-hydrogen) atoms. The van der Waals surface area contributed by atoms with Crippen LogP contribution in [-0.4, -0.2) is 8.42 Å². The molecule has 4 nitrogen and oxygen atoms in total. The van der Waals surface area contributed by atoms with Gasteiger partial charge in [0.25, 0.3) is 0 Å². The highest BCUT2D eigenvalue weighted by atomic mass is 32.2. The molecule has 0 bridgehead atoms. The van der Waals surface area contributed by atoms with E-state index in [9.17, 15) is 8.42 Å². The first-order valence-corrected chi connectivity index (χ1v) is 5.32. The molecule has 0 radical (unpaired) electrons. The second-order valence-corrected chi connectivity index (χ2v) is 4.38. The van der Waals surface area contributed by atoms with Crippen molar-refractivity contribution in [2.75, 3.05) is 0 Å². The van der Waals surface area contributed by atoms with E-state index in [-0.39, 0.29) is 4.90 Å². The van der Waals surface area contributed by atoms with Gasteiger partial charge in [0, 0.05) is 6.54 Å². The molecule has 0 aliphatic carbocycles. The maximum atomic E-state index is 11.0. The van der Waals surface area contributed by atoms with Crippen LogP contribution in [0.4, 0.5) is 0 Å². The Balaban J connectivity index is 3.29. The molecule has 1 aromatic rings. The van der Waals surface area contributed by atoms with Crippen LogP contribution in [0.1, 0.15) is 11.1 Å². The van der Waals surface area contributed by atoms with E-state index >= 15 is 0 Å². The highest BCUT2D eigenvalue weighted by Gasteiger charge is 2.10. The van der Waals surface area contributed by atoms with Gasteiger partial charge in [0.15, 0.2) is 0 Å². The molecule has 0 aliphatic heterocycles. The third-order valence-electron chi connectivity index (χ3n) is 1.78. The standard InChI is InChI=1S/C8H12N2O2S/c1-6-4-7(5-9)2-3-8(6)13(10,11)12/h2-4H,5,9H2,1H3,(H2,10,11,12). The number of aryl methyl sites for hydroxylation is 1. The van der Waals surface area contributed by atoms with Crippen LogP contribution < -0.4 is 10.9 Å². The third kappa shape index (κ3) is 2.27. The molecule has 0 unspecified atom stereocenters. The molecule has 0 spiro atoms. The zero-order valence-electron chi connectivity index (χ0n) is 7.32. The summed E-state index contributed by atoms with van der Waals surface area (Å²) >= 11 is 0. The Labute approximate surface area is 77.6 Å². The van der Waals surface area contributed by atoms with E-state index in [2.05, 4.69) is 0 Å². The number of nitrogens with two attached hydrogens (primary N) is 2. The lowest BCUT2D eigenvalue weighted by Crippen LogP contribution is -2.14. The Morgan fingerprint density at radius 3 is 2.38 bits per heavy atom. The van der Waals surface area contributed by atoms with Gasteiger partial charge < -0.3 is 5.73 Å². The second-order valence-electron chi connectivity index (χ2n) is 2.85. The largest absolute Gasteiger partial charge is 0.326 e. The molecule has 0 heterocycles. The van der Waals surface area contributed by atoms with Crippen molar-refractivity contribution < 1.29 is 8.42 Å². The molecular weight excluding hydrogens is 188 g/mol. The highest BCUT2D eigenvalue weighted by Crippen LogP contribution is 2.14. The molecule has 1 aromatic carbocycles. The molecule has 0 atom stereocenters. The van der Waals surface area contributed by atoms with Crippen LogP contribution in [-0.2, 0) is 16.6 Å². The molecule has 0 saturated heterocycles. The van der Waals surface area contributed by atoms with Crippen LogP contribution in [0.5, 0.6) is 0 Å². The predicted molar refractivity (Wildman–Crippen MR) is 50.4 cm³/mol. The minimum absolute atomic E-state index is 0.157. The van der Waals surface area contributed by atoms with Gasteiger partial charge in [0.2, 0.25) is 10.0 Å². The molecular formula is C8H12N2O2S. The lowest BCUT2D eigenvalue weighted by atomic mass is 10.1. The Bertz CT molecular complexity index is 412. The minimum atomic E-state index is -3.60. The Hall–Kier alpha value is -0.910. The van der Waals surface area contributed by atoms with Crippen LogP contribution in [0.25, 0.3) is 0 Å². The summed E-state index contributed by atoms with van der Waals surface area (Å²) in [5, 5.41) is 4.99. The molecule has 72 valence electrons. The third-order valence-corrected chi connectivity index (χ3v) is 2.85. The lowest BCUT2D eigenvalue weighted by molar-refractivity contribution is 0.597. The van der Waals surface area contributed by atoms with Gasteiger partial charge in [-0.05, 0) is 24.1 Å². The Kier molecular flexibility index (Phi) is 2.70. The maximum absolute atomic E-state index is 11.0. The first-order valence-electron chi connectivity index (χ1n) is 3.77. The van der Waals surface area contributed by atoms with Gasteiger partial charge in [-0.15, -0.1) is 0 Å². The fraction of sp³-hybridized carbons (Fsp3) is 0.250. The summed E-state index contributed by atoms with van der Waals surface area (Å²) in [6, 6.07) is 4.86. The summed E-state index contributed by atoms with van der Waals surface area (Å²) < 4.78 is 22.0. The fourth-order valence-electron chi connectivity index (χ4n) is 1.16. The fourth-order valence-corrected chi connectivity index (χ4v) is 1.92. The van der Waals surface area contributed by atoms with Crippen molar-refractivity contribution in [3.05, 3.63) is 29.3 Å². The number of benzene rings is 1. The smallest absolute Gasteiger partial charge is 0.238 e. The van der Waals surface area contributed by atoms with Crippen LogP contribution in [0.15, 0.2) is 23.1 Å². The van der Waals surface area contributed by atoms with Gasteiger partial charge in [-0.25, -0.2) is 13.6 Å². The first-order chi connectivity index (χ1) is 5.95. The molecule has 5 heteroatoms. The van der Waals surface area contributed by atoms with Crippen LogP contribution in [0.3, 0.4) is 0 Å². The minimum Gasteiger partial charge on any atom is -0.326 e. The number of hydrogen-bond donors (Lipinski definition) is 2. The monoisotopic (exact) mass is 200 g/mol. The van der Waals surface area contributed by atoms with Crippen LogP contribution in [0, 0.1) is 6.92 Å². The first kappa shape index (κ1) is 10.2. The number of sulfonamides is 1. The summed E-state index contributed by atoms with van der Waals surface area (Å²) in [7, 11) is -3.60. The van der Waals surface area contributed by atoms with E-state index in [0.717, 1.165) is 5.56 Å². The van der Waals surface area contributed by atoms with E-state index in [1.807, 2.05) is 0 Å². The summed E-state index contributed by atoms with van der Waals surface area (Å²) in [5.41, 5.74) is 6.92. The predicted octanol–water partition coefficient (Wildman–Crippen LogP) is 0.101. The van der Waals surface area contributed by atoms with Gasteiger partial charge in [-0.2, -0.15) is 0 Å². The quantitative estimate of drug-likeness (QED) is 0.710. The van der Waals surface area contributed by atoms with E-state index in [0.29, 0.717) is 12.1 Å². The van der Waals surface area contributed by atoms with E-state index in [4.69, 9.17) is 10.9 Å². The van der Waals surface area contributed by atoms with Crippen molar-refractivity contribution in [1.29, 1.82) is 0 Å². The van der Waals surface area contributed by atoms with Gasteiger partial charge in [0.1, 0.15) is 0 Å². The average Bonchev–Trinajstić information content (AvgIpc) is 2.01. The maximum Gasteiger partial charge on any atom is 0.238 e. The summed E-state index contributed by atoms with van der Waals surface area (Å²) in [4.78, 5) is 0.157. The Morgan fingerprint density at radius 1 is 1.38 bits per heavy atom. The molecule has 0 fully saturated rings. The molecule has 0 amide bonds. The molecule has 0 aromatic heterocycles. The molecule has 0 saturated carbocycles. The van der Waals surface area contributed by atoms with Crippen LogP contribution >= 0.6 is 0 Å². The van der Waals surface area contributed by atoms with E-state index in [1.165, 1.54) is 6.07 Å². The van der Waals surface area contributed by atoms with Crippen molar-refractivity contribution in [1.82, 2.24) is 0 Å². The second kappa shape index (κ2) is 3.45. The van der Waals surface area contributed by atoms with Gasteiger partial charge in [-0.3, -0.25) is 0 Å². The van der Waals surface area contributed by atoms with Crippen molar-refractivity contribution in [2.45, 2.75) is 18.4 Å². The van der Waals surface area contributed by atoms with Gasteiger partial charge >= 0.3 is 0 Å². The average molecular weight is 200 g/mol. The molecule has 4 N–H and O–H groups in total. The number of primary sulfonamides is 1. The summed E-state index contributed by atoms with van der Waals surface area (Å²) in [5.74, 6) is 0.